The van der Waals surface area contributed by atoms with Crippen molar-refractivity contribution in [3.8, 4) is 11.3 Å². The predicted octanol–water partition coefficient (Wildman–Crippen LogP) is 4.46. The summed E-state index contributed by atoms with van der Waals surface area (Å²) in [6.45, 7) is 3.67. The Labute approximate surface area is 126 Å². The number of aromatic nitrogens is 1. The fraction of sp³-hybridized carbons (Fsp3) is 0.125. The minimum atomic E-state index is -0.996. The van der Waals surface area contributed by atoms with Gasteiger partial charge in [0.2, 0.25) is 0 Å². The van der Waals surface area contributed by atoms with Crippen LogP contribution in [0.15, 0.2) is 34.7 Å². The first-order chi connectivity index (χ1) is 9.95. The zero-order chi connectivity index (χ0) is 15.1. The summed E-state index contributed by atoms with van der Waals surface area (Å²) in [5, 5.41) is 10.5. The van der Waals surface area contributed by atoms with Gasteiger partial charge in [-0.1, -0.05) is 17.7 Å². The molecule has 0 amide bonds. The number of carbonyl (C=O) groups is 1. The van der Waals surface area contributed by atoms with Crippen LogP contribution in [0.3, 0.4) is 0 Å². The van der Waals surface area contributed by atoms with Crippen molar-refractivity contribution in [3.05, 3.63) is 52.4 Å². The number of carboxylic acids is 1. The number of furan rings is 1. The Morgan fingerprint density at radius 3 is 2.62 bits per heavy atom. The molecule has 1 N–H and O–H groups in total. The molecule has 106 valence electrons. The zero-order valence-electron chi connectivity index (χ0n) is 11.5. The second-order valence-electron chi connectivity index (χ2n) is 4.85. The standard InChI is InChI=1S/C16H12ClNO3/c1-8-5-12(9(2)21-8)15-7-13(16(19)20)11-4-3-10(17)6-14(11)18-15/h3-7H,1-2H3,(H,19,20). The number of nitrogens with zero attached hydrogens (tertiary/aromatic N) is 1. The molecule has 0 aliphatic rings. The lowest BCUT2D eigenvalue weighted by Crippen LogP contribution is -2.00. The molecular formula is C16H12ClNO3. The summed E-state index contributed by atoms with van der Waals surface area (Å²) in [6.07, 6.45) is 0. The maximum atomic E-state index is 11.5. The van der Waals surface area contributed by atoms with E-state index in [0.717, 1.165) is 11.3 Å². The topological polar surface area (TPSA) is 63.3 Å². The number of pyridine rings is 1. The molecule has 3 aromatic rings. The van der Waals surface area contributed by atoms with Gasteiger partial charge in [-0.15, -0.1) is 0 Å². The fourth-order valence-corrected chi connectivity index (χ4v) is 2.57. The molecule has 21 heavy (non-hydrogen) atoms. The molecule has 1 aromatic carbocycles. The lowest BCUT2D eigenvalue weighted by atomic mass is 10.0. The van der Waals surface area contributed by atoms with E-state index in [0.29, 0.717) is 27.4 Å². The molecule has 0 aliphatic heterocycles. The zero-order valence-corrected chi connectivity index (χ0v) is 12.2. The van der Waals surface area contributed by atoms with E-state index < -0.39 is 5.97 Å². The van der Waals surface area contributed by atoms with Crippen molar-refractivity contribution in [3.63, 3.8) is 0 Å². The highest BCUT2D eigenvalue weighted by Gasteiger charge is 2.16. The highest BCUT2D eigenvalue weighted by molar-refractivity contribution is 6.31. The van der Waals surface area contributed by atoms with Gasteiger partial charge >= 0.3 is 5.97 Å². The number of benzene rings is 1. The van der Waals surface area contributed by atoms with E-state index in [2.05, 4.69) is 4.98 Å². The number of carboxylic acid groups (broad SMARTS) is 1. The minimum absolute atomic E-state index is 0.199. The van der Waals surface area contributed by atoms with Crippen LogP contribution in [0.5, 0.6) is 0 Å². The lowest BCUT2D eigenvalue weighted by molar-refractivity contribution is 0.0699. The molecule has 0 aliphatic carbocycles. The van der Waals surface area contributed by atoms with E-state index in [1.165, 1.54) is 0 Å². The van der Waals surface area contributed by atoms with E-state index in [1.54, 1.807) is 24.3 Å². The molecule has 0 spiro atoms. The monoisotopic (exact) mass is 301 g/mol. The van der Waals surface area contributed by atoms with Crippen molar-refractivity contribution in [2.75, 3.05) is 0 Å². The van der Waals surface area contributed by atoms with Crippen LogP contribution in [-0.4, -0.2) is 16.1 Å². The molecule has 5 heteroatoms. The van der Waals surface area contributed by atoms with Crippen molar-refractivity contribution >= 4 is 28.5 Å². The first-order valence-electron chi connectivity index (χ1n) is 6.36. The van der Waals surface area contributed by atoms with Gasteiger partial charge in [-0.05, 0) is 38.1 Å². The van der Waals surface area contributed by atoms with Crippen LogP contribution < -0.4 is 0 Å². The van der Waals surface area contributed by atoms with Gasteiger partial charge in [-0.25, -0.2) is 9.78 Å². The van der Waals surface area contributed by atoms with Gasteiger partial charge in [-0.2, -0.15) is 0 Å². The number of fused-ring (bicyclic) bond motifs is 1. The number of hydrogen-bond acceptors (Lipinski definition) is 3. The highest BCUT2D eigenvalue weighted by atomic mass is 35.5. The highest BCUT2D eigenvalue weighted by Crippen LogP contribution is 2.30. The van der Waals surface area contributed by atoms with Gasteiger partial charge in [0.1, 0.15) is 11.5 Å². The van der Waals surface area contributed by atoms with Gasteiger partial charge in [0.05, 0.1) is 16.8 Å². The van der Waals surface area contributed by atoms with Crippen LogP contribution in [0, 0.1) is 13.8 Å². The second kappa shape index (κ2) is 4.90. The van der Waals surface area contributed by atoms with Gasteiger partial charge in [0.25, 0.3) is 0 Å². The summed E-state index contributed by atoms with van der Waals surface area (Å²) in [7, 11) is 0. The van der Waals surface area contributed by atoms with Crippen molar-refractivity contribution in [2.45, 2.75) is 13.8 Å². The molecule has 0 saturated heterocycles. The number of aromatic carboxylic acids is 1. The van der Waals surface area contributed by atoms with E-state index in [9.17, 15) is 9.90 Å². The Morgan fingerprint density at radius 1 is 1.24 bits per heavy atom. The van der Waals surface area contributed by atoms with Crippen LogP contribution in [0.25, 0.3) is 22.2 Å². The largest absolute Gasteiger partial charge is 0.478 e. The van der Waals surface area contributed by atoms with Crippen molar-refractivity contribution < 1.29 is 14.3 Å². The maximum Gasteiger partial charge on any atom is 0.336 e. The third-order valence-corrected chi connectivity index (χ3v) is 3.55. The van der Waals surface area contributed by atoms with E-state index in [1.807, 2.05) is 19.9 Å². The quantitative estimate of drug-likeness (QED) is 0.759. The Balaban J connectivity index is 2.34. The van der Waals surface area contributed by atoms with Crippen LogP contribution in [0.1, 0.15) is 21.9 Å². The van der Waals surface area contributed by atoms with Crippen LogP contribution in [0.4, 0.5) is 0 Å². The average Bonchev–Trinajstić information content (AvgIpc) is 2.75. The van der Waals surface area contributed by atoms with Crippen molar-refractivity contribution in [2.24, 2.45) is 0 Å². The SMILES string of the molecule is Cc1cc(-c2cc(C(=O)O)c3ccc(Cl)cc3n2)c(C)o1. The molecule has 3 rings (SSSR count). The Bertz CT molecular complexity index is 867. The number of halogens is 1. The lowest BCUT2D eigenvalue weighted by Gasteiger charge is -2.06. The third kappa shape index (κ3) is 2.38. The van der Waals surface area contributed by atoms with Gasteiger partial charge in [0.15, 0.2) is 0 Å². The van der Waals surface area contributed by atoms with E-state index >= 15 is 0 Å². The van der Waals surface area contributed by atoms with Crippen molar-refractivity contribution in [1.29, 1.82) is 0 Å². The van der Waals surface area contributed by atoms with Gasteiger partial charge in [-0.3, -0.25) is 0 Å². The number of aryl methyl sites for hydroxylation is 2. The molecule has 0 atom stereocenters. The number of rotatable bonds is 2. The molecule has 4 nitrogen and oxygen atoms in total. The Hall–Kier alpha value is -2.33. The first-order valence-corrected chi connectivity index (χ1v) is 6.74. The summed E-state index contributed by atoms with van der Waals surface area (Å²) >= 11 is 5.98. The Kier molecular flexibility index (Phi) is 3.18. The average molecular weight is 302 g/mol. The second-order valence-corrected chi connectivity index (χ2v) is 5.29. The summed E-state index contributed by atoms with van der Waals surface area (Å²) in [4.78, 5) is 16.0. The summed E-state index contributed by atoms with van der Waals surface area (Å²) < 4.78 is 5.49. The normalized spacial score (nSPS) is 11.0. The molecule has 2 aromatic heterocycles. The summed E-state index contributed by atoms with van der Waals surface area (Å²) in [5.74, 6) is 0.467. The smallest absolute Gasteiger partial charge is 0.336 e. The third-order valence-electron chi connectivity index (χ3n) is 3.32. The van der Waals surface area contributed by atoms with E-state index in [-0.39, 0.29) is 5.56 Å². The van der Waals surface area contributed by atoms with Crippen molar-refractivity contribution in [1.82, 2.24) is 4.98 Å². The molecule has 0 radical (unpaired) electrons. The number of hydrogen-bond donors (Lipinski definition) is 1. The molecular weight excluding hydrogens is 290 g/mol. The Morgan fingerprint density at radius 2 is 2.00 bits per heavy atom. The summed E-state index contributed by atoms with van der Waals surface area (Å²) in [5.41, 5.74) is 2.11. The fourth-order valence-electron chi connectivity index (χ4n) is 2.40. The summed E-state index contributed by atoms with van der Waals surface area (Å²) in [6, 6.07) is 8.40. The van der Waals surface area contributed by atoms with Gasteiger partial charge < -0.3 is 9.52 Å². The molecule has 0 bridgehead atoms. The minimum Gasteiger partial charge on any atom is -0.478 e. The molecule has 0 fully saturated rings. The van der Waals surface area contributed by atoms with Crippen LogP contribution in [0.2, 0.25) is 5.02 Å². The molecule has 0 saturated carbocycles. The molecule has 2 heterocycles. The molecule has 0 unspecified atom stereocenters. The van der Waals surface area contributed by atoms with E-state index in [4.69, 9.17) is 16.0 Å². The first kappa shape index (κ1) is 13.6. The van der Waals surface area contributed by atoms with Crippen LogP contribution >= 0.6 is 11.6 Å². The van der Waals surface area contributed by atoms with Gasteiger partial charge in [0, 0.05) is 16.0 Å². The van der Waals surface area contributed by atoms with Crippen LogP contribution in [-0.2, 0) is 0 Å². The predicted molar refractivity (Wildman–Crippen MR) is 80.9 cm³/mol. The maximum absolute atomic E-state index is 11.5.